The van der Waals surface area contributed by atoms with Crippen LogP contribution in [0.15, 0.2) is 39.5 Å². The summed E-state index contributed by atoms with van der Waals surface area (Å²) in [5.41, 5.74) is 6.36. The molecule has 2 aromatic rings. The number of hydrogen-bond acceptors (Lipinski definition) is 5. The summed E-state index contributed by atoms with van der Waals surface area (Å²) < 4.78 is 3.07. The summed E-state index contributed by atoms with van der Waals surface area (Å²) in [6.07, 6.45) is 3.21. The van der Waals surface area contributed by atoms with Crippen molar-refractivity contribution in [2.24, 2.45) is 17.3 Å². The molecule has 2 N–H and O–H groups in total. The first kappa shape index (κ1) is 12.0. The van der Waals surface area contributed by atoms with Crippen LogP contribution in [-0.2, 0) is 13.6 Å². The lowest BCUT2D eigenvalue weighted by Gasteiger charge is -2.02. The summed E-state index contributed by atoms with van der Waals surface area (Å²) >= 11 is 0. The zero-order valence-corrected chi connectivity index (χ0v) is 10.2. The van der Waals surface area contributed by atoms with E-state index in [0.717, 1.165) is 0 Å². The van der Waals surface area contributed by atoms with Crippen molar-refractivity contribution in [3.8, 4) is 0 Å². The van der Waals surface area contributed by atoms with E-state index >= 15 is 0 Å². The van der Waals surface area contributed by atoms with Gasteiger partial charge in [-0.05, 0) is 19.1 Å². The van der Waals surface area contributed by atoms with Crippen molar-refractivity contribution in [2.75, 3.05) is 5.73 Å². The summed E-state index contributed by atoms with van der Waals surface area (Å²) in [6, 6.07) is 3.39. The van der Waals surface area contributed by atoms with Crippen LogP contribution in [0, 0.1) is 0 Å². The van der Waals surface area contributed by atoms with Gasteiger partial charge in [-0.1, -0.05) is 0 Å². The molecular formula is C11H14N6O. The Morgan fingerprint density at radius 3 is 2.56 bits per heavy atom. The van der Waals surface area contributed by atoms with E-state index in [-0.39, 0.29) is 11.2 Å². The van der Waals surface area contributed by atoms with Gasteiger partial charge in [0.15, 0.2) is 11.5 Å². The van der Waals surface area contributed by atoms with Crippen LogP contribution in [0.5, 0.6) is 0 Å². The smallest absolute Gasteiger partial charge is 0.296 e. The Kier molecular flexibility index (Phi) is 3.22. The Balaban J connectivity index is 2.42. The second-order valence-electron chi connectivity index (χ2n) is 3.68. The molecule has 0 fully saturated rings. The number of nitrogen functional groups attached to an aromatic ring is 1. The number of rotatable bonds is 3. The standard InChI is InChI=1S/C11H14N6O/c1-3-17-11(18)9(10(12)16(17)2)15-14-8-4-6-13-7-5-8/h4-7H,3,12H2,1-2H3. The Morgan fingerprint density at radius 1 is 1.33 bits per heavy atom. The van der Waals surface area contributed by atoms with Crippen molar-refractivity contribution in [1.29, 1.82) is 0 Å². The molecule has 94 valence electrons. The zero-order valence-electron chi connectivity index (χ0n) is 10.2. The highest BCUT2D eigenvalue weighted by atomic mass is 16.1. The van der Waals surface area contributed by atoms with Gasteiger partial charge in [-0.25, -0.2) is 4.68 Å². The third-order valence-electron chi connectivity index (χ3n) is 2.62. The van der Waals surface area contributed by atoms with Gasteiger partial charge in [0.05, 0.1) is 5.69 Å². The summed E-state index contributed by atoms with van der Waals surface area (Å²) in [5.74, 6) is 0.305. The van der Waals surface area contributed by atoms with Gasteiger partial charge in [0.2, 0.25) is 0 Å². The number of anilines is 1. The predicted molar refractivity (Wildman–Crippen MR) is 68.2 cm³/mol. The van der Waals surface area contributed by atoms with E-state index in [1.165, 1.54) is 4.68 Å². The van der Waals surface area contributed by atoms with Gasteiger partial charge in [-0.3, -0.25) is 14.5 Å². The van der Waals surface area contributed by atoms with Crippen LogP contribution < -0.4 is 11.3 Å². The van der Waals surface area contributed by atoms with Crippen molar-refractivity contribution < 1.29 is 0 Å². The lowest BCUT2D eigenvalue weighted by Crippen LogP contribution is -2.20. The summed E-state index contributed by atoms with van der Waals surface area (Å²) in [6.45, 7) is 2.40. The van der Waals surface area contributed by atoms with Gasteiger partial charge in [-0.2, -0.15) is 5.11 Å². The third kappa shape index (κ3) is 2.02. The Bertz CT molecular complexity index is 625. The van der Waals surface area contributed by atoms with Crippen molar-refractivity contribution in [3.05, 3.63) is 34.9 Å². The number of pyridine rings is 1. The fraction of sp³-hybridized carbons (Fsp3) is 0.273. The van der Waals surface area contributed by atoms with E-state index in [1.807, 2.05) is 6.92 Å². The molecule has 0 aliphatic rings. The SMILES string of the molecule is CCn1c(=O)c(N=Nc2ccncc2)c(N)n1C. The van der Waals surface area contributed by atoms with Gasteiger partial charge in [0.1, 0.15) is 0 Å². The third-order valence-corrected chi connectivity index (χ3v) is 2.62. The quantitative estimate of drug-likeness (QED) is 0.834. The second kappa shape index (κ2) is 4.82. The van der Waals surface area contributed by atoms with Crippen LogP contribution in [0.4, 0.5) is 17.2 Å². The van der Waals surface area contributed by atoms with Crippen molar-refractivity contribution in [1.82, 2.24) is 14.3 Å². The predicted octanol–water partition coefficient (Wildman–Crippen LogP) is 1.60. The van der Waals surface area contributed by atoms with Gasteiger partial charge in [-0.15, -0.1) is 5.11 Å². The molecule has 18 heavy (non-hydrogen) atoms. The van der Waals surface area contributed by atoms with Crippen LogP contribution in [0.1, 0.15) is 6.92 Å². The van der Waals surface area contributed by atoms with Crippen molar-refractivity contribution in [2.45, 2.75) is 13.5 Å². The molecule has 0 spiro atoms. The van der Waals surface area contributed by atoms with E-state index in [4.69, 9.17) is 5.73 Å². The highest BCUT2D eigenvalue weighted by molar-refractivity contribution is 5.56. The van der Waals surface area contributed by atoms with Crippen LogP contribution in [0.3, 0.4) is 0 Å². The number of hydrogen-bond donors (Lipinski definition) is 1. The molecule has 0 saturated carbocycles. The maximum absolute atomic E-state index is 12.0. The number of nitrogens with zero attached hydrogens (tertiary/aromatic N) is 5. The fourth-order valence-electron chi connectivity index (χ4n) is 1.62. The topological polar surface area (TPSA) is 90.6 Å². The molecule has 0 bridgehead atoms. The largest absolute Gasteiger partial charge is 0.382 e. The summed E-state index contributed by atoms with van der Waals surface area (Å²) in [4.78, 5) is 15.8. The second-order valence-corrected chi connectivity index (χ2v) is 3.68. The minimum atomic E-state index is -0.240. The molecule has 2 aromatic heterocycles. The highest BCUT2D eigenvalue weighted by Gasteiger charge is 2.13. The Hall–Kier alpha value is -2.44. The summed E-state index contributed by atoms with van der Waals surface area (Å²) in [7, 11) is 1.71. The molecule has 0 aromatic carbocycles. The lowest BCUT2D eigenvalue weighted by molar-refractivity contribution is 0.525. The first-order valence-corrected chi connectivity index (χ1v) is 5.52. The number of aromatic nitrogens is 3. The maximum Gasteiger partial charge on any atom is 0.296 e. The molecule has 7 nitrogen and oxygen atoms in total. The van der Waals surface area contributed by atoms with Crippen LogP contribution >= 0.6 is 0 Å². The van der Waals surface area contributed by atoms with Gasteiger partial charge >= 0.3 is 0 Å². The molecule has 2 rings (SSSR count). The monoisotopic (exact) mass is 246 g/mol. The fourth-order valence-corrected chi connectivity index (χ4v) is 1.62. The van der Waals surface area contributed by atoms with E-state index in [2.05, 4.69) is 15.2 Å². The molecule has 0 aliphatic heterocycles. The minimum absolute atomic E-state index is 0.163. The zero-order chi connectivity index (χ0) is 13.1. The molecule has 0 saturated heterocycles. The number of azo groups is 1. The van der Waals surface area contributed by atoms with E-state index in [1.54, 1.807) is 36.3 Å². The molecule has 7 heteroatoms. The Labute approximate surface area is 104 Å². The molecule has 0 amide bonds. The number of nitrogens with two attached hydrogens (primary N) is 1. The summed E-state index contributed by atoms with van der Waals surface area (Å²) in [5, 5.41) is 7.89. The van der Waals surface area contributed by atoms with Crippen molar-refractivity contribution in [3.63, 3.8) is 0 Å². The van der Waals surface area contributed by atoms with Gasteiger partial charge < -0.3 is 5.73 Å². The van der Waals surface area contributed by atoms with Gasteiger partial charge in [0, 0.05) is 26.0 Å². The van der Waals surface area contributed by atoms with E-state index in [9.17, 15) is 4.79 Å². The van der Waals surface area contributed by atoms with Crippen LogP contribution in [0.2, 0.25) is 0 Å². The maximum atomic E-state index is 12.0. The minimum Gasteiger partial charge on any atom is -0.382 e. The van der Waals surface area contributed by atoms with Gasteiger partial charge in [0.25, 0.3) is 5.56 Å². The molecule has 0 aliphatic carbocycles. The normalized spacial score (nSPS) is 11.2. The van der Waals surface area contributed by atoms with Crippen LogP contribution in [0.25, 0.3) is 0 Å². The van der Waals surface area contributed by atoms with E-state index < -0.39 is 0 Å². The first-order valence-electron chi connectivity index (χ1n) is 5.52. The molecule has 0 unspecified atom stereocenters. The van der Waals surface area contributed by atoms with E-state index in [0.29, 0.717) is 18.1 Å². The molecule has 2 heterocycles. The Morgan fingerprint density at radius 2 is 2.00 bits per heavy atom. The molecular weight excluding hydrogens is 232 g/mol. The highest BCUT2D eigenvalue weighted by Crippen LogP contribution is 2.20. The lowest BCUT2D eigenvalue weighted by atomic mass is 10.4. The first-order chi connectivity index (χ1) is 8.65. The van der Waals surface area contributed by atoms with Crippen LogP contribution in [-0.4, -0.2) is 14.3 Å². The van der Waals surface area contributed by atoms with Crippen molar-refractivity contribution >= 4 is 17.2 Å². The average molecular weight is 246 g/mol. The molecule has 0 radical (unpaired) electrons. The molecule has 0 atom stereocenters. The average Bonchev–Trinajstić information content (AvgIpc) is 2.60.